The van der Waals surface area contributed by atoms with Crippen molar-refractivity contribution in [2.75, 3.05) is 20.6 Å². The summed E-state index contributed by atoms with van der Waals surface area (Å²) in [5.74, 6) is 1.37. The van der Waals surface area contributed by atoms with Crippen molar-refractivity contribution in [3.63, 3.8) is 0 Å². The summed E-state index contributed by atoms with van der Waals surface area (Å²) in [6.45, 7) is 4.69. The highest BCUT2D eigenvalue weighted by atomic mass is 16.2. The van der Waals surface area contributed by atoms with Gasteiger partial charge in [-0.1, -0.05) is 6.07 Å². The molecule has 0 radical (unpaired) electrons. The highest BCUT2D eigenvalue weighted by Crippen LogP contribution is 2.12. The van der Waals surface area contributed by atoms with Gasteiger partial charge in [0.1, 0.15) is 0 Å². The molecule has 2 heterocycles. The molecule has 0 aliphatic heterocycles. The molecular formula is C15H23N7O. The van der Waals surface area contributed by atoms with Crippen molar-refractivity contribution in [2.24, 2.45) is 10.4 Å². The second-order valence-electron chi connectivity index (χ2n) is 5.79. The number of amides is 1. The van der Waals surface area contributed by atoms with Crippen LogP contribution >= 0.6 is 0 Å². The van der Waals surface area contributed by atoms with E-state index in [9.17, 15) is 4.79 Å². The van der Waals surface area contributed by atoms with Crippen LogP contribution in [0.4, 0.5) is 0 Å². The smallest absolute Gasteiger partial charge is 0.227 e. The lowest BCUT2D eigenvalue weighted by Crippen LogP contribution is -2.47. The largest absolute Gasteiger partial charge is 0.359 e. The van der Waals surface area contributed by atoms with E-state index in [4.69, 9.17) is 0 Å². The molecule has 0 fully saturated rings. The Morgan fingerprint density at radius 3 is 2.78 bits per heavy atom. The maximum atomic E-state index is 11.8. The quantitative estimate of drug-likeness (QED) is 0.539. The normalized spacial score (nSPS) is 12.3. The lowest BCUT2D eigenvalue weighted by molar-refractivity contribution is -0.128. The summed E-state index contributed by atoms with van der Waals surface area (Å²) in [6, 6.07) is 5.75. The predicted octanol–water partition coefficient (Wildman–Crippen LogP) is 0.167. The molecule has 2 aromatic rings. The average Bonchev–Trinajstić information content (AvgIpc) is 2.97. The van der Waals surface area contributed by atoms with Crippen LogP contribution in [-0.2, 0) is 11.3 Å². The molecule has 8 nitrogen and oxygen atoms in total. The maximum Gasteiger partial charge on any atom is 0.227 e. The first-order valence-electron chi connectivity index (χ1n) is 7.43. The van der Waals surface area contributed by atoms with Crippen LogP contribution < -0.4 is 16.0 Å². The summed E-state index contributed by atoms with van der Waals surface area (Å²) in [6.07, 6.45) is 1.91. The third-order valence-corrected chi connectivity index (χ3v) is 3.56. The summed E-state index contributed by atoms with van der Waals surface area (Å²) < 4.78 is 1.91. The summed E-state index contributed by atoms with van der Waals surface area (Å²) >= 11 is 0. The molecule has 0 spiro atoms. The molecule has 2 rings (SSSR count). The minimum atomic E-state index is -0.534. The molecule has 0 saturated carbocycles. The Hall–Kier alpha value is -2.64. The van der Waals surface area contributed by atoms with Crippen LogP contribution in [0.1, 0.15) is 19.7 Å². The zero-order valence-corrected chi connectivity index (χ0v) is 13.9. The molecule has 0 aliphatic carbocycles. The van der Waals surface area contributed by atoms with E-state index >= 15 is 0 Å². The molecule has 124 valence electrons. The van der Waals surface area contributed by atoms with Crippen molar-refractivity contribution in [1.82, 2.24) is 30.5 Å². The topological polar surface area (TPSA) is 95.7 Å². The third kappa shape index (κ3) is 3.97. The van der Waals surface area contributed by atoms with Crippen LogP contribution in [0, 0.1) is 5.41 Å². The molecule has 8 heteroatoms. The van der Waals surface area contributed by atoms with E-state index in [0.717, 1.165) is 11.5 Å². The number of carbonyl (C=O) groups excluding carboxylic acids is 1. The number of nitrogens with one attached hydrogen (secondary N) is 3. The summed E-state index contributed by atoms with van der Waals surface area (Å²) in [4.78, 5) is 16.0. The first kappa shape index (κ1) is 16.7. The summed E-state index contributed by atoms with van der Waals surface area (Å²) in [5.41, 5.74) is 0.265. The molecule has 0 bridgehead atoms. The number of hydrogen-bond donors (Lipinski definition) is 3. The van der Waals surface area contributed by atoms with E-state index in [1.807, 2.05) is 42.6 Å². The summed E-state index contributed by atoms with van der Waals surface area (Å²) in [5, 5.41) is 17.3. The van der Waals surface area contributed by atoms with E-state index < -0.39 is 5.41 Å². The lowest BCUT2D eigenvalue weighted by atomic mass is 9.92. The van der Waals surface area contributed by atoms with Gasteiger partial charge >= 0.3 is 0 Å². The van der Waals surface area contributed by atoms with Crippen LogP contribution in [0.5, 0.6) is 0 Å². The molecule has 0 saturated heterocycles. The number of carbonyl (C=O) groups is 1. The standard InChI is InChI=1S/C15H23N7O/c1-15(2,13(23)16-3)10-19-14(17-4)18-9-12-21-20-11-7-5-6-8-22(11)12/h5-8H,9-10H2,1-4H3,(H,16,23)(H2,17,18,19). The second kappa shape index (κ2) is 7.08. The first-order valence-corrected chi connectivity index (χ1v) is 7.43. The van der Waals surface area contributed by atoms with Crippen molar-refractivity contribution < 1.29 is 4.79 Å². The lowest BCUT2D eigenvalue weighted by Gasteiger charge is -2.24. The minimum absolute atomic E-state index is 0.0242. The predicted molar refractivity (Wildman–Crippen MR) is 89.0 cm³/mol. The fourth-order valence-electron chi connectivity index (χ4n) is 2.12. The van der Waals surface area contributed by atoms with Crippen molar-refractivity contribution in [3.05, 3.63) is 30.2 Å². The number of pyridine rings is 1. The number of aromatic nitrogens is 3. The fraction of sp³-hybridized carbons (Fsp3) is 0.467. The van der Waals surface area contributed by atoms with Gasteiger partial charge in [0.25, 0.3) is 0 Å². The number of hydrogen-bond acceptors (Lipinski definition) is 4. The van der Waals surface area contributed by atoms with Gasteiger partial charge in [0.05, 0.1) is 12.0 Å². The van der Waals surface area contributed by atoms with Crippen LogP contribution in [0.15, 0.2) is 29.4 Å². The molecule has 0 aliphatic rings. The fourth-order valence-corrected chi connectivity index (χ4v) is 2.12. The second-order valence-corrected chi connectivity index (χ2v) is 5.79. The first-order chi connectivity index (χ1) is 11.0. The van der Waals surface area contributed by atoms with Gasteiger partial charge in [-0.15, -0.1) is 10.2 Å². The molecule has 2 aromatic heterocycles. The Labute approximate surface area is 135 Å². The van der Waals surface area contributed by atoms with Gasteiger partial charge in [-0.3, -0.25) is 14.2 Å². The van der Waals surface area contributed by atoms with Crippen LogP contribution in [0.3, 0.4) is 0 Å². The van der Waals surface area contributed by atoms with Crippen LogP contribution in [0.2, 0.25) is 0 Å². The van der Waals surface area contributed by atoms with E-state index in [-0.39, 0.29) is 5.91 Å². The van der Waals surface area contributed by atoms with Crippen molar-refractivity contribution in [3.8, 4) is 0 Å². The molecule has 1 amide bonds. The van der Waals surface area contributed by atoms with Gasteiger partial charge < -0.3 is 16.0 Å². The number of rotatable bonds is 5. The number of fused-ring (bicyclic) bond motifs is 1. The SMILES string of the molecule is CN=C(NCc1nnc2ccccn12)NCC(C)(C)C(=O)NC. The van der Waals surface area contributed by atoms with Gasteiger partial charge in [0, 0.05) is 26.8 Å². The zero-order valence-electron chi connectivity index (χ0n) is 13.9. The molecule has 3 N–H and O–H groups in total. The van der Waals surface area contributed by atoms with E-state index in [2.05, 4.69) is 31.1 Å². The van der Waals surface area contributed by atoms with Gasteiger partial charge in [0.15, 0.2) is 17.4 Å². The third-order valence-electron chi connectivity index (χ3n) is 3.56. The Bertz CT molecular complexity index is 705. The number of nitrogens with zero attached hydrogens (tertiary/aromatic N) is 4. The molecule has 23 heavy (non-hydrogen) atoms. The van der Waals surface area contributed by atoms with Crippen molar-refractivity contribution in [2.45, 2.75) is 20.4 Å². The maximum absolute atomic E-state index is 11.8. The Kier molecular flexibility index (Phi) is 5.15. The Morgan fingerprint density at radius 1 is 1.30 bits per heavy atom. The molecular weight excluding hydrogens is 294 g/mol. The van der Waals surface area contributed by atoms with E-state index in [1.54, 1.807) is 14.1 Å². The Balaban J connectivity index is 1.94. The van der Waals surface area contributed by atoms with Crippen LogP contribution in [0.25, 0.3) is 5.65 Å². The van der Waals surface area contributed by atoms with Gasteiger partial charge in [-0.2, -0.15) is 0 Å². The monoisotopic (exact) mass is 317 g/mol. The van der Waals surface area contributed by atoms with Gasteiger partial charge in [0.2, 0.25) is 5.91 Å². The van der Waals surface area contributed by atoms with E-state index in [1.165, 1.54) is 0 Å². The number of aliphatic imine (C=N–C) groups is 1. The molecule has 0 aromatic carbocycles. The molecule has 0 unspecified atom stereocenters. The van der Waals surface area contributed by atoms with E-state index in [0.29, 0.717) is 19.0 Å². The number of guanidine groups is 1. The Morgan fingerprint density at radius 2 is 2.09 bits per heavy atom. The van der Waals surface area contributed by atoms with Gasteiger partial charge in [-0.05, 0) is 26.0 Å². The van der Waals surface area contributed by atoms with Gasteiger partial charge in [-0.25, -0.2) is 0 Å². The zero-order chi connectivity index (χ0) is 16.9. The highest BCUT2D eigenvalue weighted by Gasteiger charge is 2.26. The van der Waals surface area contributed by atoms with Crippen LogP contribution in [-0.4, -0.2) is 47.1 Å². The highest BCUT2D eigenvalue weighted by molar-refractivity contribution is 5.84. The van der Waals surface area contributed by atoms with Crippen molar-refractivity contribution in [1.29, 1.82) is 0 Å². The van der Waals surface area contributed by atoms with Crippen molar-refractivity contribution >= 4 is 17.5 Å². The summed E-state index contributed by atoms with van der Waals surface area (Å²) in [7, 11) is 3.32. The average molecular weight is 317 g/mol. The minimum Gasteiger partial charge on any atom is -0.359 e. The molecule has 0 atom stereocenters.